The summed E-state index contributed by atoms with van der Waals surface area (Å²) >= 11 is 14.0. The molecule has 2 heterocycles. The number of hydrogen-bond acceptors (Lipinski definition) is 4. The van der Waals surface area contributed by atoms with Gasteiger partial charge in [-0.3, -0.25) is 4.79 Å². The summed E-state index contributed by atoms with van der Waals surface area (Å²) in [5.74, 6) is 0.845. The highest BCUT2D eigenvalue weighted by molar-refractivity contribution is 7.21. The van der Waals surface area contributed by atoms with Crippen molar-refractivity contribution in [2.24, 2.45) is 0 Å². The Hall–Kier alpha value is -3.38. The number of rotatable bonds is 5. The standard InChI is InChI=1S/C27H18Cl2N2O2S/c1-16-5-12-22-24(15-16)34-27(31-22)17-6-8-18(9-7-17)30-25(32)14-11-19-10-13-23(33-19)20-3-2-4-21(28)26(20)29/h2-15H,1H3,(H,30,32). The minimum Gasteiger partial charge on any atom is -0.457 e. The van der Waals surface area contributed by atoms with E-state index in [-0.39, 0.29) is 5.91 Å². The third-order valence-corrected chi connectivity index (χ3v) is 7.07. The van der Waals surface area contributed by atoms with Gasteiger partial charge in [0.05, 0.1) is 20.3 Å². The number of aryl methyl sites for hydroxylation is 1. The molecule has 3 aromatic carbocycles. The summed E-state index contributed by atoms with van der Waals surface area (Å²) in [7, 11) is 0. The van der Waals surface area contributed by atoms with Crippen molar-refractivity contribution in [1.82, 2.24) is 4.98 Å². The van der Waals surface area contributed by atoms with Crippen LogP contribution in [0.1, 0.15) is 11.3 Å². The van der Waals surface area contributed by atoms with Gasteiger partial charge in [-0.05, 0) is 79.2 Å². The molecule has 0 aliphatic rings. The van der Waals surface area contributed by atoms with Crippen LogP contribution in [0, 0.1) is 6.92 Å². The molecular weight excluding hydrogens is 487 g/mol. The van der Waals surface area contributed by atoms with Crippen molar-refractivity contribution in [2.75, 3.05) is 5.32 Å². The molecule has 0 aliphatic heterocycles. The number of fused-ring (bicyclic) bond motifs is 1. The Kier molecular flexibility index (Phi) is 6.24. The fourth-order valence-electron chi connectivity index (χ4n) is 3.47. The third kappa shape index (κ3) is 4.77. The maximum absolute atomic E-state index is 12.4. The molecule has 1 amide bonds. The van der Waals surface area contributed by atoms with Gasteiger partial charge in [0.2, 0.25) is 5.91 Å². The van der Waals surface area contributed by atoms with E-state index in [1.165, 1.54) is 11.6 Å². The molecule has 0 fully saturated rings. The SMILES string of the molecule is Cc1ccc2nc(-c3ccc(NC(=O)C=Cc4ccc(-c5cccc(Cl)c5Cl)o4)cc3)sc2c1. The summed E-state index contributed by atoms with van der Waals surface area (Å²) in [5, 5.41) is 4.69. The Bertz CT molecular complexity index is 1530. The first kappa shape index (κ1) is 22.4. The molecule has 2 aromatic heterocycles. The van der Waals surface area contributed by atoms with Crippen LogP contribution >= 0.6 is 34.5 Å². The maximum atomic E-state index is 12.4. The number of thiazole rings is 1. The number of amides is 1. The van der Waals surface area contributed by atoms with E-state index in [4.69, 9.17) is 32.6 Å². The molecule has 0 spiro atoms. The fourth-order valence-corrected chi connectivity index (χ4v) is 4.94. The number of nitrogens with zero attached hydrogens (tertiary/aromatic N) is 1. The predicted octanol–water partition coefficient (Wildman–Crippen LogP) is 8.49. The molecule has 0 unspecified atom stereocenters. The third-order valence-electron chi connectivity index (χ3n) is 5.19. The minimum atomic E-state index is -0.262. The molecule has 168 valence electrons. The number of halogens is 2. The minimum absolute atomic E-state index is 0.262. The topological polar surface area (TPSA) is 55.1 Å². The van der Waals surface area contributed by atoms with E-state index >= 15 is 0 Å². The Morgan fingerprint density at radius 3 is 2.68 bits per heavy atom. The van der Waals surface area contributed by atoms with Gasteiger partial charge in [-0.15, -0.1) is 11.3 Å². The van der Waals surface area contributed by atoms with E-state index < -0.39 is 0 Å². The van der Waals surface area contributed by atoms with E-state index in [0.29, 0.717) is 32.8 Å². The lowest BCUT2D eigenvalue weighted by Crippen LogP contribution is -2.07. The number of anilines is 1. The lowest BCUT2D eigenvalue weighted by Gasteiger charge is -2.03. The average molecular weight is 505 g/mol. The number of carbonyl (C=O) groups excluding carboxylic acids is 1. The van der Waals surface area contributed by atoms with Gasteiger partial charge in [0.25, 0.3) is 0 Å². The summed E-state index contributed by atoms with van der Waals surface area (Å²) in [6, 6.07) is 22.8. The van der Waals surface area contributed by atoms with E-state index in [1.807, 2.05) is 36.4 Å². The van der Waals surface area contributed by atoms with Crippen LogP contribution < -0.4 is 5.32 Å². The summed E-state index contributed by atoms with van der Waals surface area (Å²) in [4.78, 5) is 17.1. The van der Waals surface area contributed by atoms with Crippen molar-refractivity contribution < 1.29 is 9.21 Å². The Labute approximate surface area is 210 Å². The monoisotopic (exact) mass is 504 g/mol. The molecule has 0 atom stereocenters. The molecule has 0 bridgehead atoms. The maximum Gasteiger partial charge on any atom is 0.248 e. The van der Waals surface area contributed by atoms with E-state index in [9.17, 15) is 4.79 Å². The fraction of sp³-hybridized carbons (Fsp3) is 0.0370. The first-order valence-electron chi connectivity index (χ1n) is 10.5. The van der Waals surface area contributed by atoms with E-state index in [2.05, 4.69) is 24.4 Å². The van der Waals surface area contributed by atoms with Gasteiger partial charge in [0.1, 0.15) is 16.5 Å². The number of furan rings is 1. The van der Waals surface area contributed by atoms with Crippen LogP contribution in [-0.2, 0) is 4.79 Å². The molecule has 5 aromatic rings. The molecular formula is C27H18Cl2N2O2S. The zero-order valence-corrected chi connectivity index (χ0v) is 20.3. The van der Waals surface area contributed by atoms with Crippen molar-refractivity contribution in [1.29, 1.82) is 0 Å². The zero-order chi connectivity index (χ0) is 23.7. The van der Waals surface area contributed by atoms with Crippen molar-refractivity contribution >= 4 is 62.4 Å². The van der Waals surface area contributed by atoms with Gasteiger partial charge in [-0.1, -0.05) is 35.3 Å². The van der Waals surface area contributed by atoms with Crippen LogP contribution in [0.15, 0.2) is 83.3 Å². The average Bonchev–Trinajstić information content (AvgIpc) is 3.47. The number of nitrogens with one attached hydrogen (secondary N) is 1. The molecule has 4 nitrogen and oxygen atoms in total. The molecule has 0 saturated heterocycles. The molecule has 5 rings (SSSR count). The highest BCUT2D eigenvalue weighted by Gasteiger charge is 2.11. The second kappa shape index (κ2) is 9.47. The van der Waals surface area contributed by atoms with Gasteiger partial charge < -0.3 is 9.73 Å². The summed E-state index contributed by atoms with van der Waals surface area (Å²) in [5.41, 5.74) is 4.61. The van der Waals surface area contributed by atoms with Gasteiger partial charge in [0.15, 0.2) is 0 Å². The number of hydrogen-bond donors (Lipinski definition) is 1. The molecule has 1 N–H and O–H groups in total. The first-order chi connectivity index (χ1) is 16.5. The summed E-state index contributed by atoms with van der Waals surface area (Å²) < 4.78 is 6.95. The number of benzene rings is 3. The molecule has 7 heteroatoms. The lowest BCUT2D eigenvalue weighted by atomic mass is 10.2. The summed E-state index contributed by atoms with van der Waals surface area (Å²) in [6.07, 6.45) is 3.03. The number of carbonyl (C=O) groups is 1. The van der Waals surface area contributed by atoms with Gasteiger partial charge in [0, 0.05) is 22.9 Å². The van der Waals surface area contributed by atoms with Gasteiger partial charge in [-0.25, -0.2) is 4.98 Å². The largest absolute Gasteiger partial charge is 0.457 e. The van der Waals surface area contributed by atoms with Crippen molar-refractivity contribution in [3.05, 3.63) is 100 Å². The normalized spacial score (nSPS) is 11.4. The van der Waals surface area contributed by atoms with Crippen LogP contribution in [0.5, 0.6) is 0 Å². The highest BCUT2D eigenvalue weighted by atomic mass is 35.5. The lowest BCUT2D eigenvalue weighted by molar-refractivity contribution is -0.111. The molecule has 0 saturated carbocycles. The van der Waals surface area contributed by atoms with Gasteiger partial charge in [-0.2, -0.15) is 0 Å². The van der Waals surface area contributed by atoms with Crippen molar-refractivity contribution in [3.8, 4) is 21.9 Å². The van der Waals surface area contributed by atoms with Crippen LogP contribution in [0.4, 0.5) is 5.69 Å². The first-order valence-corrected chi connectivity index (χ1v) is 12.0. The molecule has 0 radical (unpaired) electrons. The summed E-state index contributed by atoms with van der Waals surface area (Å²) in [6.45, 7) is 2.07. The van der Waals surface area contributed by atoms with Gasteiger partial charge >= 0.3 is 0 Å². The van der Waals surface area contributed by atoms with Crippen molar-refractivity contribution in [2.45, 2.75) is 6.92 Å². The Morgan fingerprint density at radius 1 is 1.03 bits per heavy atom. The van der Waals surface area contributed by atoms with E-state index in [1.54, 1.807) is 41.7 Å². The second-order valence-corrected chi connectivity index (χ2v) is 9.51. The van der Waals surface area contributed by atoms with Crippen LogP contribution in [-0.4, -0.2) is 10.9 Å². The number of aromatic nitrogens is 1. The van der Waals surface area contributed by atoms with Crippen molar-refractivity contribution in [3.63, 3.8) is 0 Å². The second-order valence-electron chi connectivity index (χ2n) is 7.69. The smallest absolute Gasteiger partial charge is 0.248 e. The predicted molar refractivity (Wildman–Crippen MR) is 142 cm³/mol. The molecule has 34 heavy (non-hydrogen) atoms. The quantitative estimate of drug-likeness (QED) is 0.244. The van der Waals surface area contributed by atoms with Crippen LogP contribution in [0.2, 0.25) is 10.0 Å². The Morgan fingerprint density at radius 2 is 1.85 bits per heavy atom. The highest BCUT2D eigenvalue weighted by Crippen LogP contribution is 2.34. The van der Waals surface area contributed by atoms with Crippen LogP contribution in [0.25, 0.3) is 38.2 Å². The van der Waals surface area contributed by atoms with E-state index in [0.717, 1.165) is 20.8 Å². The Balaban J connectivity index is 1.25. The zero-order valence-electron chi connectivity index (χ0n) is 18.0. The van der Waals surface area contributed by atoms with Crippen LogP contribution in [0.3, 0.4) is 0 Å². The molecule has 0 aliphatic carbocycles.